The predicted octanol–water partition coefficient (Wildman–Crippen LogP) is 2.86. The Morgan fingerprint density at radius 1 is 1.17 bits per heavy atom. The Hall–Kier alpha value is -1.79. The number of rotatable bonds is 5. The molecule has 1 aliphatic heterocycles. The van der Waals surface area contributed by atoms with Gasteiger partial charge in [-0.3, -0.25) is 14.8 Å². The third-order valence-electron chi connectivity index (χ3n) is 4.68. The summed E-state index contributed by atoms with van der Waals surface area (Å²) in [5, 5.41) is 4.11. The number of hydrogen-bond acceptors (Lipinski definition) is 6. The highest BCUT2D eigenvalue weighted by atomic mass is 16.5. The van der Waals surface area contributed by atoms with Gasteiger partial charge in [0.1, 0.15) is 0 Å². The van der Waals surface area contributed by atoms with E-state index in [9.17, 15) is 0 Å². The fourth-order valence-electron chi connectivity index (χ4n) is 3.14. The van der Waals surface area contributed by atoms with E-state index >= 15 is 0 Å². The maximum absolute atomic E-state index is 5.31. The summed E-state index contributed by atoms with van der Waals surface area (Å²) in [5.41, 5.74) is 1.28. The quantitative estimate of drug-likeness (QED) is 0.841. The van der Waals surface area contributed by atoms with Crippen molar-refractivity contribution in [2.24, 2.45) is 0 Å². The van der Waals surface area contributed by atoms with E-state index in [1.54, 1.807) is 0 Å². The van der Waals surface area contributed by atoms with Crippen molar-refractivity contribution in [2.75, 3.05) is 26.2 Å². The molecule has 24 heavy (non-hydrogen) atoms. The van der Waals surface area contributed by atoms with Gasteiger partial charge in [-0.15, -0.1) is 0 Å². The van der Waals surface area contributed by atoms with E-state index < -0.39 is 0 Å². The fourth-order valence-corrected chi connectivity index (χ4v) is 3.14. The molecule has 130 valence electrons. The minimum atomic E-state index is 0.284. The molecule has 1 atom stereocenters. The Bertz CT molecular complexity index is 627. The predicted molar refractivity (Wildman–Crippen MR) is 92.5 cm³/mol. The first-order valence-corrected chi connectivity index (χ1v) is 8.82. The number of nitrogens with zero attached hydrogens (tertiary/aromatic N) is 5. The molecule has 0 N–H and O–H groups in total. The van der Waals surface area contributed by atoms with Crippen LogP contribution in [-0.2, 0) is 6.54 Å². The lowest BCUT2D eigenvalue weighted by Gasteiger charge is -2.27. The van der Waals surface area contributed by atoms with Gasteiger partial charge in [0.2, 0.25) is 5.89 Å². The molecule has 1 unspecified atom stereocenters. The van der Waals surface area contributed by atoms with Crippen molar-refractivity contribution in [1.29, 1.82) is 0 Å². The van der Waals surface area contributed by atoms with Gasteiger partial charge in [-0.2, -0.15) is 4.98 Å². The summed E-state index contributed by atoms with van der Waals surface area (Å²) in [6.45, 7) is 11.4. The molecule has 0 radical (unpaired) electrons. The average Bonchev–Trinajstić information content (AvgIpc) is 2.94. The lowest BCUT2D eigenvalue weighted by molar-refractivity contribution is 0.206. The van der Waals surface area contributed by atoms with Gasteiger partial charge in [0, 0.05) is 44.0 Å². The molecular weight excluding hydrogens is 302 g/mol. The van der Waals surface area contributed by atoms with Crippen LogP contribution in [0.1, 0.15) is 56.4 Å². The summed E-state index contributed by atoms with van der Waals surface area (Å²) in [6.07, 6.45) is 4.95. The second kappa shape index (κ2) is 7.85. The van der Waals surface area contributed by atoms with Gasteiger partial charge >= 0.3 is 0 Å². The first-order chi connectivity index (χ1) is 11.6. The summed E-state index contributed by atoms with van der Waals surface area (Å²) in [7, 11) is 0. The number of pyridine rings is 1. The maximum atomic E-state index is 5.31. The van der Waals surface area contributed by atoms with Crippen LogP contribution in [-0.4, -0.2) is 51.1 Å². The molecule has 0 amide bonds. The van der Waals surface area contributed by atoms with Crippen LogP contribution in [0.4, 0.5) is 0 Å². The van der Waals surface area contributed by atoms with Crippen LogP contribution in [0.2, 0.25) is 0 Å². The Morgan fingerprint density at radius 3 is 2.75 bits per heavy atom. The smallest absolute Gasteiger partial charge is 0.229 e. The second-order valence-electron chi connectivity index (χ2n) is 6.83. The van der Waals surface area contributed by atoms with Crippen molar-refractivity contribution in [3.63, 3.8) is 0 Å². The van der Waals surface area contributed by atoms with E-state index in [0.29, 0.717) is 6.04 Å². The minimum absolute atomic E-state index is 0.284. The largest absolute Gasteiger partial charge is 0.339 e. The van der Waals surface area contributed by atoms with Gasteiger partial charge in [-0.1, -0.05) is 25.1 Å². The third-order valence-corrected chi connectivity index (χ3v) is 4.68. The highest BCUT2D eigenvalue weighted by Gasteiger charge is 2.21. The Balaban J connectivity index is 1.56. The highest BCUT2D eigenvalue weighted by Crippen LogP contribution is 2.21. The molecule has 3 rings (SSSR count). The van der Waals surface area contributed by atoms with Gasteiger partial charge in [0.15, 0.2) is 5.82 Å². The summed E-state index contributed by atoms with van der Waals surface area (Å²) in [6, 6.07) is 4.57. The van der Waals surface area contributed by atoms with E-state index in [1.165, 1.54) is 5.56 Å². The molecule has 1 aliphatic rings. The molecule has 0 saturated carbocycles. The molecule has 1 fully saturated rings. The normalized spacial score (nSPS) is 18.7. The second-order valence-corrected chi connectivity index (χ2v) is 6.83. The van der Waals surface area contributed by atoms with E-state index in [-0.39, 0.29) is 5.92 Å². The summed E-state index contributed by atoms with van der Waals surface area (Å²) < 4.78 is 5.31. The zero-order chi connectivity index (χ0) is 16.9. The Morgan fingerprint density at radius 2 is 2.04 bits per heavy atom. The van der Waals surface area contributed by atoms with Crippen molar-refractivity contribution in [3.05, 3.63) is 41.8 Å². The van der Waals surface area contributed by atoms with Crippen LogP contribution in [0, 0.1) is 0 Å². The maximum Gasteiger partial charge on any atom is 0.229 e. The number of hydrogen-bond donors (Lipinski definition) is 0. The van der Waals surface area contributed by atoms with E-state index in [0.717, 1.165) is 50.9 Å². The van der Waals surface area contributed by atoms with Crippen molar-refractivity contribution >= 4 is 0 Å². The molecule has 0 aromatic carbocycles. The molecule has 6 heteroatoms. The topological polar surface area (TPSA) is 58.3 Å². The molecule has 0 aliphatic carbocycles. The first-order valence-electron chi connectivity index (χ1n) is 8.82. The third kappa shape index (κ3) is 4.19. The average molecular weight is 329 g/mol. The summed E-state index contributed by atoms with van der Waals surface area (Å²) >= 11 is 0. The molecular formula is C18H27N5O. The fraction of sp³-hybridized carbons (Fsp3) is 0.611. The van der Waals surface area contributed by atoms with Crippen molar-refractivity contribution < 1.29 is 4.52 Å². The van der Waals surface area contributed by atoms with Gasteiger partial charge in [0.05, 0.1) is 6.54 Å². The minimum Gasteiger partial charge on any atom is -0.339 e. The van der Waals surface area contributed by atoms with E-state index in [2.05, 4.69) is 51.8 Å². The molecule has 1 saturated heterocycles. The van der Waals surface area contributed by atoms with Crippen molar-refractivity contribution in [1.82, 2.24) is 24.9 Å². The summed E-state index contributed by atoms with van der Waals surface area (Å²) in [5.74, 6) is 1.81. The standard InChI is InChI=1S/C18H27N5O/c1-14(2)18-20-17(21-24-18)13-22-8-5-9-23(11-10-22)15(3)16-6-4-7-19-12-16/h4,6-7,12,14-15H,5,8-11,13H2,1-3H3. The zero-order valence-electron chi connectivity index (χ0n) is 14.9. The highest BCUT2D eigenvalue weighted by molar-refractivity contribution is 5.13. The van der Waals surface area contributed by atoms with Crippen LogP contribution in [0.15, 0.2) is 29.0 Å². The molecule has 0 bridgehead atoms. The van der Waals surface area contributed by atoms with Crippen LogP contribution in [0.25, 0.3) is 0 Å². The van der Waals surface area contributed by atoms with E-state index in [4.69, 9.17) is 4.52 Å². The van der Waals surface area contributed by atoms with Crippen LogP contribution < -0.4 is 0 Å². The van der Waals surface area contributed by atoms with E-state index in [1.807, 2.05) is 18.5 Å². The van der Waals surface area contributed by atoms with Crippen molar-refractivity contribution in [3.8, 4) is 0 Å². The molecule has 0 spiro atoms. The zero-order valence-corrected chi connectivity index (χ0v) is 14.9. The van der Waals surface area contributed by atoms with Gasteiger partial charge in [-0.25, -0.2) is 0 Å². The summed E-state index contributed by atoms with van der Waals surface area (Å²) in [4.78, 5) is 13.7. The SMILES string of the molecule is CC(C)c1nc(CN2CCCN(C(C)c3cccnc3)CC2)no1. The lowest BCUT2D eigenvalue weighted by atomic mass is 10.1. The van der Waals surface area contributed by atoms with Gasteiger partial charge in [-0.05, 0) is 31.5 Å². The van der Waals surface area contributed by atoms with Crippen molar-refractivity contribution in [2.45, 2.75) is 45.7 Å². The Kier molecular flexibility index (Phi) is 5.58. The first kappa shape index (κ1) is 17.0. The molecule has 2 aromatic heterocycles. The Labute approximate surface area is 143 Å². The van der Waals surface area contributed by atoms with Crippen LogP contribution in [0.5, 0.6) is 0 Å². The van der Waals surface area contributed by atoms with Crippen LogP contribution >= 0.6 is 0 Å². The monoisotopic (exact) mass is 329 g/mol. The number of aromatic nitrogens is 3. The lowest BCUT2D eigenvalue weighted by Crippen LogP contribution is -2.32. The molecule has 2 aromatic rings. The molecule has 6 nitrogen and oxygen atoms in total. The molecule has 3 heterocycles. The van der Waals surface area contributed by atoms with Crippen LogP contribution in [0.3, 0.4) is 0 Å². The van der Waals surface area contributed by atoms with Gasteiger partial charge < -0.3 is 4.52 Å². The van der Waals surface area contributed by atoms with Gasteiger partial charge in [0.25, 0.3) is 0 Å².